The standard InChI is InChI=1S/C17H14N4O/c22-17(14-9-15-16(20-10-14)19-7-6-18-15)21-8-5-12-3-1-2-4-13(12)11-21/h1-4,6-7,9-10H,5,8,11H2. The molecule has 4 rings (SSSR count). The fourth-order valence-corrected chi connectivity index (χ4v) is 2.83. The van der Waals surface area contributed by atoms with Gasteiger partial charge in [0.15, 0.2) is 5.65 Å². The molecule has 5 nitrogen and oxygen atoms in total. The normalized spacial score (nSPS) is 13.9. The first-order valence-corrected chi connectivity index (χ1v) is 7.24. The number of nitrogens with zero attached hydrogens (tertiary/aromatic N) is 4. The highest BCUT2D eigenvalue weighted by molar-refractivity contribution is 5.96. The van der Waals surface area contributed by atoms with Crippen LogP contribution in [-0.2, 0) is 13.0 Å². The van der Waals surface area contributed by atoms with E-state index in [9.17, 15) is 4.79 Å². The lowest BCUT2D eigenvalue weighted by atomic mass is 9.99. The Bertz CT molecular complexity index is 862. The quantitative estimate of drug-likeness (QED) is 0.689. The zero-order valence-electron chi connectivity index (χ0n) is 11.9. The first-order chi connectivity index (χ1) is 10.8. The second-order valence-corrected chi connectivity index (χ2v) is 5.37. The van der Waals surface area contributed by atoms with Crippen molar-refractivity contribution in [3.8, 4) is 0 Å². The van der Waals surface area contributed by atoms with Crippen molar-refractivity contribution in [2.45, 2.75) is 13.0 Å². The number of carbonyl (C=O) groups excluding carboxylic acids is 1. The molecule has 0 unspecified atom stereocenters. The minimum absolute atomic E-state index is 0.00504. The fourth-order valence-electron chi connectivity index (χ4n) is 2.83. The smallest absolute Gasteiger partial charge is 0.255 e. The zero-order chi connectivity index (χ0) is 14.9. The molecule has 0 spiro atoms. The molecule has 108 valence electrons. The van der Waals surface area contributed by atoms with Gasteiger partial charge in [0.1, 0.15) is 5.52 Å². The number of pyridine rings is 1. The van der Waals surface area contributed by atoms with Crippen LogP contribution < -0.4 is 0 Å². The van der Waals surface area contributed by atoms with Crippen molar-refractivity contribution < 1.29 is 4.79 Å². The van der Waals surface area contributed by atoms with Gasteiger partial charge in [0.05, 0.1) is 5.56 Å². The summed E-state index contributed by atoms with van der Waals surface area (Å²) >= 11 is 0. The molecule has 0 atom stereocenters. The van der Waals surface area contributed by atoms with Crippen molar-refractivity contribution in [3.63, 3.8) is 0 Å². The molecule has 1 aliphatic heterocycles. The Morgan fingerprint density at radius 2 is 1.86 bits per heavy atom. The van der Waals surface area contributed by atoms with Gasteiger partial charge in [-0.3, -0.25) is 9.78 Å². The van der Waals surface area contributed by atoms with Gasteiger partial charge in [-0.15, -0.1) is 0 Å². The second-order valence-electron chi connectivity index (χ2n) is 5.37. The molecular formula is C17H14N4O. The summed E-state index contributed by atoms with van der Waals surface area (Å²) in [6.07, 6.45) is 5.68. The minimum atomic E-state index is -0.00504. The van der Waals surface area contributed by atoms with Crippen LogP contribution in [0.15, 0.2) is 48.9 Å². The Labute approximate surface area is 127 Å². The summed E-state index contributed by atoms with van der Waals surface area (Å²) in [6.45, 7) is 1.38. The van der Waals surface area contributed by atoms with Gasteiger partial charge in [0.25, 0.3) is 5.91 Å². The highest BCUT2D eigenvalue weighted by atomic mass is 16.2. The largest absolute Gasteiger partial charge is 0.334 e. The van der Waals surface area contributed by atoms with Crippen LogP contribution in [0.25, 0.3) is 11.2 Å². The van der Waals surface area contributed by atoms with Gasteiger partial charge in [0.2, 0.25) is 0 Å². The fraction of sp³-hybridized carbons (Fsp3) is 0.176. The van der Waals surface area contributed by atoms with Crippen LogP contribution in [0.3, 0.4) is 0 Å². The number of carbonyl (C=O) groups is 1. The highest BCUT2D eigenvalue weighted by Gasteiger charge is 2.22. The van der Waals surface area contributed by atoms with Gasteiger partial charge >= 0.3 is 0 Å². The summed E-state index contributed by atoms with van der Waals surface area (Å²) in [4.78, 5) is 27.1. The number of fused-ring (bicyclic) bond motifs is 2. The maximum Gasteiger partial charge on any atom is 0.255 e. The van der Waals surface area contributed by atoms with Crippen molar-refractivity contribution in [3.05, 3.63) is 65.6 Å². The molecular weight excluding hydrogens is 276 g/mol. The summed E-state index contributed by atoms with van der Waals surface area (Å²) in [5.41, 5.74) is 4.31. The van der Waals surface area contributed by atoms with E-state index in [2.05, 4.69) is 27.1 Å². The van der Waals surface area contributed by atoms with Crippen LogP contribution in [0.5, 0.6) is 0 Å². The summed E-state index contributed by atoms with van der Waals surface area (Å²) in [6, 6.07) is 10.0. The van der Waals surface area contributed by atoms with Crippen molar-refractivity contribution in [2.75, 3.05) is 6.54 Å². The molecule has 3 heterocycles. The Morgan fingerprint density at radius 1 is 1.05 bits per heavy atom. The molecule has 1 aliphatic rings. The van der Waals surface area contributed by atoms with Gasteiger partial charge < -0.3 is 4.90 Å². The van der Waals surface area contributed by atoms with Crippen LogP contribution in [0.2, 0.25) is 0 Å². The van der Waals surface area contributed by atoms with E-state index in [1.165, 1.54) is 11.1 Å². The van der Waals surface area contributed by atoms with E-state index in [4.69, 9.17) is 0 Å². The van der Waals surface area contributed by atoms with Gasteiger partial charge in [-0.2, -0.15) is 0 Å². The number of rotatable bonds is 1. The van der Waals surface area contributed by atoms with E-state index in [1.54, 1.807) is 24.7 Å². The molecule has 0 aliphatic carbocycles. The number of amides is 1. The van der Waals surface area contributed by atoms with Crippen molar-refractivity contribution in [1.82, 2.24) is 19.9 Å². The minimum Gasteiger partial charge on any atom is -0.334 e. The summed E-state index contributed by atoms with van der Waals surface area (Å²) in [7, 11) is 0. The maximum atomic E-state index is 12.7. The van der Waals surface area contributed by atoms with Crippen LogP contribution >= 0.6 is 0 Å². The SMILES string of the molecule is O=C(c1cnc2nccnc2c1)N1CCc2ccccc2C1. The Kier molecular flexibility index (Phi) is 3.04. The molecule has 0 N–H and O–H groups in total. The topological polar surface area (TPSA) is 59.0 Å². The molecule has 1 amide bonds. The zero-order valence-corrected chi connectivity index (χ0v) is 11.9. The monoisotopic (exact) mass is 290 g/mol. The van der Waals surface area contributed by atoms with E-state index < -0.39 is 0 Å². The molecule has 0 saturated heterocycles. The third kappa shape index (κ3) is 2.20. The summed E-state index contributed by atoms with van der Waals surface area (Å²) in [5.74, 6) is -0.00504. The highest BCUT2D eigenvalue weighted by Crippen LogP contribution is 2.20. The predicted octanol–water partition coefficient (Wildman–Crippen LogP) is 2.22. The van der Waals surface area contributed by atoms with Crippen molar-refractivity contribution >= 4 is 17.1 Å². The number of benzene rings is 1. The molecule has 0 bridgehead atoms. The molecule has 3 aromatic rings. The maximum absolute atomic E-state index is 12.7. The molecule has 22 heavy (non-hydrogen) atoms. The molecule has 0 saturated carbocycles. The summed E-state index contributed by atoms with van der Waals surface area (Å²) < 4.78 is 0. The lowest BCUT2D eigenvalue weighted by Crippen LogP contribution is -2.36. The first-order valence-electron chi connectivity index (χ1n) is 7.24. The van der Waals surface area contributed by atoms with Crippen molar-refractivity contribution in [1.29, 1.82) is 0 Å². The molecule has 1 aromatic carbocycles. The third-order valence-corrected chi connectivity index (χ3v) is 3.99. The predicted molar refractivity (Wildman–Crippen MR) is 82.2 cm³/mol. The van der Waals surface area contributed by atoms with E-state index in [1.807, 2.05) is 17.0 Å². The van der Waals surface area contributed by atoms with Crippen LogP contribution in [-0.4, -0.2) is 32.3 Å². The van der Waals surface area contributed by atoms with E-state index >= 15 is 0 Å². The molecule has 0 radical (unpaired) electrons. The lowest BCUT2D eigenvalue weighted by molar-refractivity contribution is 0.0734. The van der Waals surface area contributed by atoms with Crippen LogP contribution in [0.1, 0.15) is 21.5 Å². The van der Waals surface area contributed by atoms with E-state index in [0.717, 1.165) is 13.0 Å². The number of hydrogen-bond donors (Lipinski definition) is 0. The van der Waals surface area contributed by atoms with Crippen LogP contribution in [0, 0.1) is 0 Å². The Balaban J connectivity index is 1.64. The molecule has 2 aromatic heterocycles. The average Bonchev–Trinajstić information content (AvgIpc) is 2.60. The Hall–Kier alpha value is -2.82. The Morgan fingerprint density at radius 3 is 2.77 bits per heavy atom. The van der Waals surface area contributed by atoms with E-state index in [-0.39, 0.29) is 5.91 Å². The van der Waals surface area contributed by atoms with Gasteiger partial charge in [-0.05, 0) is 23.6 Å². The average molecular weight is 290 g/mol. The molecule has 0 fully saturated rings. The second kappa shape index (κ2) is 5.18. The van der Waals surface area contributed by atoms with Gasteiger partial charge in [-0.1, -0.05) is 24.3 Å². The van der Waals surface area contributed by atoms with Crippen LogP contribution in [0.4, 0.5) is 0 Å². The van der Waals surface area contributed by atoms with Crippen molar-refractivity contribution in [2.24, 2.45) is 0 Å². The lowest BCUT2D eigenvalue weighted by Gasteiger charge is -2.28. The molecule has 5 heteroatoms. The van der Waals surface area contributed by atoms with Gasteiger partial charge in [-0.25, -0.2) is 9.97 Å². The third-order valence-electron chi connectivity index (χ3n) is 3.99. The number of aromatic nitrogens is 3. The number of hydrogen-bond acceptors (Lipinski definition) is 4. The van der Waals surface area contributed by atoms with E-state index in [0.29, 0.717) is 23.3 Å². The summed E-state index contributed by atoms with van der Waals surface area (Å²) in [5, 5.41) is 0. The van der Waals surface area contributed by atoms with Gasteiger partial charge in [0, 0.05) is 31.7 Å². The first kappa shape index (κ1) is 12.9.